The van der Waals surface area contributed by atoms with Crippen LogP contribution in [0.25, 0.3) is 11.2 Å². The highest BCUT2D eigenvalue weighted by Gasteiger charge is 2.23. The molecule has 132 valence electrons. The van der Waals surface area contributed by atoms with Crippen molar-refractivity contribution < 1.29 is 4.74 Å². The molecule has 3 rings (SSSR count). The van der Waals surface area contributed by atoms with Crippen molar-refractivity contribution in [3.63, 3.8) is 0 Å². The van der Waals surface area contributed by atoms with Crippen molar-refractivity contribution in [2.75, 3.05) is 25.1 Å². The summed E-state index contributed by atoms with van der Waals surface area (Å²) >= 11 is 0. The molecule has 0 N–H and O–H groups in total. The van der Waals surface area contributed by atoms with Gasteiger partial charge in [0.2, 0.25) is 5.95 Å². The van der Waals surface area contributed by atoms with Gasteiger partial charge >= 0.3 is 6.01 Å². The van der Waals surface area contributed by atoms with Crippen LogP contribution >= 0.6 is 0 Å². The van der Waals surface area contributed by atoms with Gasteiger partial charge in [0.25, 0.3) is 5.56 Å². The van der Waals surface area contributed by atoms with Gasteiger partial charge in [0.15, 0.2) is 11.2 Å². The van der Waals surface area contributed by atoms with E-state index in [-0.39, 0.29) is 11.6 Å². The second kappa shape index (κ2) is 7.43. The lowest BCUT2D eigenvalue weighted by molar-refractivity contribution is 0.354. The van der Waals surface area contributed by atoms with Crippen LogP contribution in [0.4, 0.5) is 5.95 Å². The van der Waals surface area contributed by atoms with Gasteiger partial charge in [-0.1, -0.05) is 12.0 Å². The molecule has 0 amide bonds. The van der Waals surface area contributed by atoms with Crippen LogP contribution in [0.5, 0.6) is 6.01 Å². The molecule has 0 unspecified atom stereocenters. The van der Waals surface area contributed by atoms with Gasteiger partial charge in [-0.15, -0.1) is 12.5 Å². The molecule has 1 fully saturated rings. The van der Waals surface area contributed by atoms with Crippen molar-refractivity contribution in [2.45, 2.75) is 39.3 Å². The zero-order valence-corrected chi connectivity index (χ0v) is 14.8. The average molecular weight is 341 g/mol. The Morgan fingerprint density at radius 1 is 1.24 bits per heavy atom. The number of anilines is 1. The van der Waals surface area contributed by atoms with Crippen molar-refractivity contribution >= 4 is 17.1 Å². The fourth-order valence-electron chi connectivity index (χ4n) is 3.17. The maximum atomic E-state index is 13.0. The summed E-state index contributed by atoms with van der Waals surface area (Å²) < 4.78 is 8.62. The number of rotatable bonds is 5. The van der Waals surface area contributed by atoms with Crippen LogP contribution in [-0.2, 0) is 13.1 Å². The second-order valence-corrected chi connectivity index (χ2v) is 5.95. The summed E-state index contributed by atoms with van der Waals surface area (Å²) in [5.74, 6) is 6.71. The first-order valence-electron chi connectivity index (χ1n) is 8.51. The van der Waals surface area contributed by atoms with Crippen molar-refractivity contribution in [3.05, 3.63) is 23.0 Å². The number of fused-ring (bicyclic) bond motifs is 1. The minimum Gasteiger partial charge on any atom is -0.468 e. The lowest BCUT2D eigenvalue weighted by Gasteiger charge is -2.27. The Labute approximate surface area is 146 Å². The molecule has 1 aliphatic rings. The third-order valence-corrected chi connectivity index (χ3v) is 4.36. The Kier molecular flexibility index (Phi) is 5.08. The number of hydrogen-bond donors (Lipinski definition) is 0. The van der Waals surface area contributed by atoms with E-state index in [1.54, 1.807) is 13.0 Å². The Morgan fingerprint density at radius 3 is 2.64 bits per heavy atom. The molecule has 2 aromatic heterocycles. The minimum atomic E-state index is -0.185. The number of aromatic nitrogens is 4. The lowest BCUT2D eigenvalue weighted by atomic mass is 10.1. The predicted octanol–water partition coefficient (Wildman–Crippen LogP) is 1.80. The van der Waals surface area contributed by atoms with Crippen LogP contribution in [0.1, 0.15) is 26.2 Å². The molecule has 1 saturated heterocycles. The Morgan fingerprint density at radius 2 is 2.00 bits per heavy atom. The van der Waals surface area contributed by atoms with Gasteiger partial charge in [-0.2, -0.15) is 9.97 Å². The van der Waals surface area contributed by atoms with Crippen molar-refractivity contribution in [3.8, 4) is 17.9 Å². The van der Waals surface area contributed by atoms with Crippen LogP contribution in [-0.4, -0.2) is 39.3 Å². The highest BCUT2D eigenvalue weighted by Crippen LogP contribution is 2.24. The van der Waals surface area contributed by atoms with Gasteiger partial charge in [-0.25, -0.2) is 0 Å². The largest absolute Gasteiger partial charge is 0.468 e. The number of allylic oxidation sites excluding steroid dienone is 1. The third-order valence-electron chi connectivity index (χ3n) is 4.36. The topological polar surface area (TPSA) is 65.2 Å². The monoisotopic (exact) mass is 341 g/mol. The molecule has 0 bridgehead atoms. The number of hydrogen-bond acceptors (Lipinski definition) is 5. The highest BCUT2D eigenvalue weighted by molar-refractivity contribution is 5.74. The van der Waals surface area contributed by atoms with Crippen LogP contribution < -0.4 is 15.2 Å². The molecule has 0 spiro atoms. The van der Waals surface area contributed by atoms with Gasteiger partial charge in [0, 0.05) is 19.6 Å². The van der Waals surface area contributed by atoms with E-state index in [1.165, 1.54) is 18.1 Å². The number of nitrogens with zero attached hydrogens (tertiary/aromatic N) is 5. The van der Waals surface area contributed by atoms with E-state index in [2.05, 4.69) is 33.3 Å². The van der Waals surface area contributed by atoms with E-state index in [0.717, 1.165) is 31.9 Å². The molecule has 7 nitrogen and oxygen atoms in total. The molecular formula is C18H23N5O2. The maximum Gasteiger partial charge on any atom is 0.301 e. The second-order valence-electron chi connectivity index (χ2n) is 5.95. The van der Waals surface area contributed by atoms with Crippen molar-refractivity contribution in [2.24, 2.45) is 0 Å². The van der Waals surface area contributed by atoms with E-state index < -0.39 is 0 Å². The first-order chi connectivity index (χ1) is 12.2. The molecular weight excluding hydrogens is 318 g/mol. The summed E-state index contributed by atoms with van der Waals surface area (Å²) in [5.41, 5.74) is 0.682. The molecule has 3 heterocycles. The molecule has 7 heteroatoms. The average Bonchev–Trinajstić information content (AvgIpc) is 3.01. The molecule has 0 aliphatic carbocycles. The summed E-state index contributed by atoms with van der Waals surface area (Å²) in [4.78, 5) is 24.4. The number of piperidine rings is 1. The molecule has 0 atom stereocenters. The molecule has 2 aromatic rings. The molecule has 1 aliphatic heterocycles. The SMILES string of the molecule is C=CCn1c(OC)nc2nc(N3CCCCC3)n(CC#CC)c2c1=O. The Bertz CT molecular complexity index is 894. The van der Waals surface area contributed by atoms with Crippen LogP contribution in [0, 0.1) is 11.8 Å². The zero-order valence-electron chi connectivity index (χ0n) is 14.8. The van der Waals surface area contributed by atoms with E-state index in [0.29, 0.717) is 24.3 Å². The smallest absolute Gasteiger partial charge is 0.301 e. The summed E-state index contributed by atoms with van der Waals surface area (Å²) in [7, 11) is 1.50. The minimum absolute atomic E-state index is 0.185. The first-order valence-corrected chi connectivity index (χ1v) is 8.51. The van der Waals surface area contributed by atoms with Gasteiger partial charge in [0.1, 0.15) is 0 Å². The van der Waals surface area contributed by atoms with E-state index >= 15 is 0 Å². The zero-order chi connectivity index (χ0) is 17.8. The van der Waals surface area contributed by atoms with Gasteiger partial charge in [0.05, 0.1) is 13.7 Å². The molecule has 0 radical (unpaired) electrons. The van der Waals surface area contributed by atoms with Crippen LogP contribution in [0.2, 0.25) is 0 Å². The molecule has 25 heavy (non-hydrogen) atoms. The van der Waals surface area contributed by atoms with E-state index in [4.69, 9.17) is 4.74 Å². The summed E-state index contributed by atoms with van der Waals surface area (Å²) in [6.07, 6.45) is 5.12. The Hall–Kier alpha value is -2.75. The normalized spacial score (nSPS) is 14.2. The Balaban J connectivity index is 2.25. The number of imidazole rings is 1. The van der Waals surface area contributed by atoms with Gasteiger partial charge in [-0.3, -0.25) is 13.9 Å². The highest BCUT2D eigenvalue weighted by atomic mass is 16.5. The quantitative estimate of drug-likeness (QED) is 0.613. The molecule has 0 aromatic carbocycles. The van der Waals surface area contributed by atoms with E-state index in [9.17, 15) is 4.79 Å². The summed E-state index contributed by atoms with van der Waals surface area (Å²) in [5, 5.41) is 0. The lowest BCUT2D eigenvalue weighted by Crippen LogP contribution is -2.32. The fraction of sp³-hybridized carbons (Fsp3) is 0.500. The summed E-state index contributed by atoms with van der Waals surface area (Å²) in [6, 6.07) is 0.244. The van der Waals surface area contributed by atoms with Crippen molar-refractivity contribution in [1.29, 1.82) is 0 Å². The third kappa shape index (κ3) is 3.12. The number of methoxy groups -OCH3 is 1. The standard InChI is InChI=1S/C18H23N5O2/c1-4-6-13-22-14-15(19-17(22)21-11-8-7-9-12-21)20-18(25-3)23(10-5-2)16(14)24/h5H,2,7-13H2,1,3H3. The summed E-state index contributed by atoms with van der Waals surface area (Å²) in [6.45, 7) is 8.10. The van der Waals surface area contributed by atoms with E-state index in [1.807, 2.05) is 4.57 Å². The number of ether oxygens (including phenoxy) is 1. The van der Waals surface area contributed by atoms with Gasteiger partial charge < -0.3 is 9.64 Å². The molecule has 0 saturated carbocycles. The maximum absolute atomic E-state index is 13.0. The van der Waals surface area contributed by atoms with Gasteiger partial charge in [-0.05, 0) is 26.2 Å². The van der Waals surface area contributed by atoms with Crippen LogP contribution in [0.3, 0.4) is 0 Å². The van der Waals surface area contributed by atoms with Crippen LogP contribution in [0.15, 0.2) is 17.4 Å². The fourth-order valence-corrected chi connectivity index (χ4v) is 3.17. The first kappa shape index (κ1) is 17.1. The van der Waals surface area contributed by atoms with Crippen molar-refractivity contribution in [1.82, 2.24) is 19.1 Å². The predicted molar refractivity (Wildman–Crippen MR) is 98.1 cm³/mol.